The molecule has 3 nitrogen and oxygen atoms in total. The van der Waals surface area contributed by atoms with Gasteiger partial charge < -0.3 is 0 Å². The molecule has 1 N–H and O–H groups in total. The van der Waals surface area contributed by atoms with Gasteiger partial charge in [-0.1, -0.05) is 31.5 Å². The molecule has 0 amide bonds. The smallest absolute Gasteiger partial charge is 0.212 e. The van der Waals surface area contributed by atoms with Crippen LogP contribution >= 0.6 is 0 Å². The molecule has 2 rings (SSSR count). The van der Waals surface area contributed by atoms with Gasteiger partial charge in [-0.2, -0.15) is 0 Å². The molecule has 1 aromatic rings. The van der Waals surface area contributed by atoms with Crippen LogP contribution in [0.25, 0.3) is 0 Å². The third-order valence-corrected chi connectivity index (χ3v) is 5.28. The van der Waals surface area contributed by atoms with Gasteiger partial charge in [0.25, 0.3) is 0 Å². The lowest BCUT2D eigenvalue weighted by molar-refractivity contribution is 0.563. The lowest BCUT2D eigenvalue weighted by atomic mass is 10.0. The van der Waals surface area contributed by atoms with Crippen LogP contribution in [0.4, 0.5) is 0 Å². The summed E-state index contributed by atoms with van der Waals surface area (Å²) in [4.78, 5) is 0. The van der Waals surface area contributed by atoms with E-state index in [1.54, 1.807) is 0 Å². The summed E-state index contributed by atoms with van der Waals surface area (Å²) in [7, 11) is -3.16. The van der Waals surface area contributed by atoms with E-state index in [1.807, 2.05) is 13.8 Å². The van der Waals surface area contributed by atoms with Crippen LogP contribution in [-0.2, 0) is 22.9 Å². The molecule has 0 radical (unpaired) electrons. The summed E-state index contributed by atoms with van der Waals surface area (Å²) in [5.74, 6) is 0.221. The highest BCUT2D eigenvalue weighted by Crippen LogP contribution is 2.25. The summed E-state index contributed by atoms with van der Waals surface area (Å²) in [6.07, 6.45) is 5.11. The van der Waals surface area contributed by atoms with Gasteiger partial charge in [0.05, 0.1) is 5.75 Å². The fourth-order valence-corrected chi connectivity index (χ4v) is 4.05. The van der Waals surface area contributed by atoms with Crippen molar-refractivity contribution >= 4 is 10.0 Å². The number of nitrogens with one attached hydrogen (secondary N) is 1. The number of aryl methyl sites for hydroxylation is 2. The Morgan fingerprint density at radius 2 is 2.00 bits per heavy atom. The van der Waals surface area contributed by atoms with Crippen LogP contribution < -0.4 is 4.72 Å². The molecule has 0 unspecified atom stereocenters. The molecule has 1 aliphatic rings. The normalized spacial score (nSPS) is 16.3. The van der Waals surface area contributed by atoms with E-state index in [1.165, 1.54) is 17.5 Å². The molecule has 19 heavy (non-hydrogen) atoms. The number of unbranched alkanes of at least 4 members (excludes halogenated alkanes) is 1. The molecule has 0 spiro atoms. The van der Waals surface area contributed by atoms with Gasteiger partial charge in [-0.25, -0.2) is 13.1 Å². The Morgan fingerprint density at radius 1 is 1.26 bits per heavy atom. The zero-order valence-electron chi connectivity index (χ0n) is 11.8. The summed E-state index contributed by atoms with van der Waals surface area (Å²) >= 11 is 0. The Hall–Kier alpha value is -0.870. The van der Waals surface area contributed by atoms with Crippen LogP contribution in [0.15, 0.2) is 18.2 Å². The predicted molar refractivity (Wildman–Crippen MR) is 78.7 cm³/mol. The van der Waals surface area contributed by atoms with Crippen LogP contribution in [0, 0.1) is 0 Å². The van der Waals surface area contributed by atoms with E-state index in [9.17, 15) is 8.42 Å². The number of hydrogen-bond acceptors (Lipinski definition) is 2. The minimum absolute atomic E-state index is 0.146. The molecule has 0 aromatic heterocycles. The maximum atomic E-state index is 11.9. The van der Waals surface area contributed by atoms with Gasteiger partial charge in [-0.3, -0.25) is 0 Å². The van der Waals surface area contributed by atoms with E-state index in [0.29, 0.717) is 6.42 Å². The SMILES string of the molecule is CCCCS(=O)(=O)N[C@@H](C)c1ccc2c(c1)CCC2. The van der Waals surface area contributed by atoms with Gasteiger partial charge >= 0.3 is 0 Å². The second-order valence-corrected chi connectivity index (χ2v) is 7.27. The topological polar surface area (TPSA) is 46.2 Å². The Bertz CT molecular complexity index is 537. The van der Waals surface area contributed by atoms with E-state index >= 15 is 0 Å². The van der Waals surface area contributed by atoms with E-state index in [2.05, 4.69) is 22.9 Å². The number of rotatable bonds is 6. The maximum absolute atomic E-state index is 11.9. The molecule has 1 aliphatic carbocycles. The van der Waals surface area contributed by atoms with Crippen LogP contribution in [0.5, 0.6) is 0 Å². The molecule has 0 bridgehead atoms. The summed E-state index contributed by atoms with van der Waals surface area (Å²) in [5.41, 5.74) is 3.88. The highest BCUT2D eigenvalue weighted by atomic mass is 32.2. The molecule has 0 aliphatic heterocycles. The first-order chi connectivity index (χ1) is 9.02. The number of hydrogen-bond donors (Lipinski definition) is 1. The summed E-state index contributed by atoms with van der Waals surface area (Å²) in [6, 6.07) is 6.22. The largest absolute Gasteiger partial charge is 0.212 e. The second kappa shape index (κ2) is 6.06. The monoisotopic (exact) mass is 281 g/mol. The molecular weight excluding hydrogens is 258 g/mol. The van der Waals surface area contributed by atoms with Gasteiger partial charge in [0, 0.05) is 6.04 Å². The molecule has 1 aromatic carbocycles. The molecular formula is C15H23NO2S. The third-order valence-electron chi connectivity index (χ3n) is 3.75. The van der Waals surface area contributed by atoms with Crippen LogP contribution in [-0.4, -0.2) is 14.2 Å². The first-order valence-corrected chi connectivity index (χ1v) is 8.79. The Balaban J connectivity index is 2.06. The average molecular weight is 281 g/mol. The van der Waals surface area contributed by atoms with Crippen LogP contribution in [0.1, 0.15) is 55.8 Å². The Labute approximate surface area is 116 Å². The van der Waals surface area contributed by atoms with Crippen molar-refractivity contribution in [2.45, 2.75) is 52.0 Å². The Morgan fingerprint density at radius 3 is 2.74 bits per heavy atom. The molecule has 4 heteroatoms. The second-order valence-electron chi connectivity index (χ2n) is 5.39. The molecule has 1 atom stereocenters. The fourth-order valence-electron chi connectivity index (χ4n) is 2.59. The summed E-state index contributed by atoms with van der Waals surface area (Å²) < 4.78 is 26.6. The lowest BCUT2D eigenvalue weighted by Crippen LogP contribution is -2.29. The van der Waals surface area contributed by atoms with Crippen molar-refractivity contribution in [1.82, 2.24) is 4.72 Å². The minimum Gasteiger partial charge on any atom is -0.212 e. The number of fused-ring (bicyclic) bond motifs is 1. The van der Waals surface area contributed by atoms with Crippen molar-refractivity contribution in [2.24, 2.45) is 0 Å². The summed E-state index contributed by atoms with van der Waals surface area (Å²) in [5, 5.41) is 0. The first kappa shape index (κ1) is 14.5. The quantitative estimate of drug-likeness (QED) is 0.871. The number of benzene rings is 1. The molecule has 106 valence electrons. The lowest BCUT2D eigenvalue weighted by Gasteiger charge is -2.15. The fraction of sp³-hybridized carbons (Fsp3) is 0.600. The third kappa shape index (κ3) is 3.80. The van der Waals surface area contributed by atoms with Crippen molar-refractivity contribution in [3.63, 3.8) is 0 Å². The first-order valence-electron chi connectivity index (χ1n) is 7.13. The van der Waals surface area contributed by atoms with Crippen molar-refractivity contribution in [3.8, 4) is 0 Å². The zero-order chi connectivity index (χ0) is 13.9. The number of sulfonamides is 1. The van der Waals surface area contributed by atoms with Crippen molar-refractivity contribution in [3.05, 3.63) is 34.9 Å². The van der Waals surface area contributed by atoms with Gasteiger partial charge in [0.1, 0.15) is 0 Å². The maximum Gasteiger partial charge on any atom is 0.212 e. The van der Waals surface area contributed by atoms with Crippen LogP contribution in [0.2, 0.25) is 0 Å². The van der Waals surface area contributed by atoms with E-state index in [4.69, 9.17) is 0 Å². The summed E-state index contributed by atoms with van der Waals surface area (Å²) in [6.45, 7) is 3.92. The minimum atomic E-state index is -3.16. The van der Waals surface area contributed by atoms with Crippen molar-refractivity contribution in [1.29, 1.82) is 0 Å². The van der Waals surface area contributed by atoms with Crippen molar-refractivity contribution in [2.75, 3.05) is 5.75 Å². The Kier molecular flexibility index (Phi) is 4.63. The van der Waals surface area contributed by atoms with Gasteiger partial charge in [-0.15, -0.1) is 0 Å². The van der Waals surface area contributed by atoms with Gasteiger partial charge in [-0.05, 0) is 49.3 Å². The van der Waals surface area contributed by atoms with E-state index in [-0.39, 0.29) is 11.8 Å². The predicted octanol–water partition coefficient (Wildman–Crippen LogP) is 2.96. The van der Waals surface area contributed by atoms with Crippen LogP contribution in [0.3, 0.4) is 0 Å². The zero-order valence-corrected chi connectivity index (χ0v) is 12.6. The molecule has 0 saturated heterocycles. The highest BCUT2D eigenvalue weighted by molar-refractivity contribution is 7.89. The van der Waals surface area contributed by atoms with Crippen molar-refractivity contribution < 1.29 is 8.42 Å². The van der Waals surface area contributed by atoms with Gasteiger partial charge in [0.15, 0.2) is 0 Å². The van der Waals surface area contributed by atoms with Gasteiger partial charge in [0.2, 0.25) is 10.0 Å². The van der Waals surface area contributed by atoms with E-state index in [0.717, 1.165) is 24.8 Å². The standard InChI is InChI=1S/C15H23NO2S/c1-3-4-10-19(17,18)16-12(2)14-9-8-13-6-5-7-15(13)11-14/h8-9,11-12,16H,3-7,10H2,1-2H3/t12-/m0/s1. The average Bonchev–Trinajstić information content (AvgIpc) is 2.83. The molecule has 0 heterocycles. The van der Waals surface area contributed by atoms with E-state index < -0.39 is 10.0 Å². The molecule has 0 saturated carbocycles. The molecule has 0 fully saturated rings. The highest BCUT2D eigenvalue weighted by Gasteiger charge is 2.17.